The lowest BCUT2D eigenvalue weighted by molar-refractivity contribution is 0.272. The highest BCUT2D eigenvalue weighted by atomic mass is 15.5. The van der Waals surface area contributed by atoms with Crippen LogP contribution in [0.1, 0.15) is 25.0 Å². The summed E-state index contributed by atoms with van der Waals surface area (Å²) in [6.45, 7) is 4.06. The minimum Gasteiger partial charge on any atom is -0.368 e. The Morgan fingerprint density at radius 2 is 2.00 bits per heavy atom. The number of nitrogens with one attached hydrogen (secondary N) is 1. The van der Waals surface area contributed by atoms with Crippen molar-refractivity contribution in [1.82, 2.24) is 15.0 Å². The maximum atomic E-state index is 5.58. The molecule has 1 fully saturated rings. The summed E-state index contributed by atoms with van der Waals surface area (Å²) in [6.07, 6.45) is 3.81. The van der Waals surface area contributed by atoms with Crippen LogP contribution in [-0.2, 0) is 0 Å². The van der Waals surface area contributed by atoms with Gasteiger partial charge in [0.1, 0.15) is 5.82 Å². The smallest absolute Gasteiger partial charge is 0.222 e. The van der Waals surface area contributed by atoms with Crippen LogP contribution in [0.2, 0.25) is 0 Å². The molecule has 1 aliphatic heterocycles. The normalized spacial score (nSPS) is 17.7. The third-order valence-corrected chi connectivity index (χ3v) is 2.50. The van der Waals surface area contributed by atoms with Crippen molar-refractivity contribution < 1.29 is 0 Å². The highest BCUT2D eigenvalue weighted by Gasteiger charge is 2.10. The van der Waals surface area contributed by atoms with E-state index in [1.54, 1.807) is 0 Å². The molecule has 2 heterocycles. The van der Waals surface area contributed by atoms with Gasteiger partial charge in [0.2, 0.25) is 5.95 Å². The van der Waals surface area contributed by atoms with E-state index in [2.05, 4.69) is 20.4 Å². The standard InChI is InChI=1S/C10H17N5/c1-8-7-9(13-10(11)12-8)14-15-5-3-2-4-6-15/h7H,2-6H2,1H3,(H3,11,12,13,14). The number of piperidine rings is 1. The summed E-state index contributed by atoms with van der Waals surface area (Å²) >= 11 is 0. The van der Waals surface area contributed by atoms with Gasteiger partial charge in [-0.15, -0.1) is 0 Å². The average molecular weight is 207 g/mol. The van der Waals surface area contributed by atoms with Crippen molar-refractivity contribution in [3.05, 3.63) is 11.8 Å². The summed E-state index contributed by atoms with van der Waals surface area (Å²) in [5, 5.41) is 2.19. The van der Waals surface area contributed by atoms with Gasteiger partial charge in [-0.25, -0.2) is 9.99 Å². The number of hydrogen-bond acceptors (Lipinski definition) is 5. The number of aromatic nitrogens is 2. The summed E-state index contributed by atoms with van der Waals surface area (Å²) in [5.41, 5.74) is 9.74. The van der Waals surface area contributed by atoms with Crippen molar-refractivity contribution in [3.8, 4) is 0 Å². The third-order valence-electron chi connectivity index (χ3n) is 2.50. The molecule has 0 bridgehead atoms. The van der Waals surface area contributed by atoms with E-state index in [4.69, 9.17) is 5.73 Å². The summed E-state index contributed by atoms with van der Waals surface area (Å²) in [5.74, 6) is 1.12. The molecule has 0 aromatic carbocycles. The Morgan fingerprint density at radius 3 is 2.67 bits per heavy atom. The van der Waals surface area contributed by atoms with E-state index in [0.29, 0.717) is 5.95 Å². The first-order chi connectivity index (χ1) is 7.24. The number of aryl methyl sites for hydroxylation is 1. The fourth-order valence-corrected chi connectivity index (χ4v) is 1.82. The molecule has 0 saturated carbocycles. The Labute approximate surface area is 89.7 Å². The molecule has 0 amide bonds. The quantitative estimate of drug-likeness (QED) is 0.762. The zero-order valence-electron chi connectivity index (χ0n) is 9.03. The van der Waals surface area contributed by atoms with Crippen molar-refractivity contribution >= 4 is 11.8 Å². The van der Waals surface area contributed by atoms with E-state index >= 15 is 0 Å². The first kappa shape index (κ1) is 10.2. The highest BCUT2D eigenvalue weighted by Crippen LogP contribution is 2.12. The van der Waals surface area contributed by atoms with Gasteiger partial charge in [0.05, 0.1) is 0 Å². The highest BCUT2D eigenvalue weighted by molar-refractivity contribution is 5.39. The van der Waals surface area contributed by atoms with Crippen LogP contribution in [0.3, 0.4) is 0 Å². The molecule has 0 aliphatic carbocycles. The predicted octanol–water partition coefficient (Wildman–Crippen LogP) is 1.18. The van der Waals surface area contributed by atoms with Gasteiger partial charge in [-0.3, -0.25) is 0 Å². The number of anilines is 2. The molecule has 1 aromatic heterocycles. The van der Waals surface area contributed by atoms with Crippen molar-refractivity contribution in [2.45, 2.75) is 26.2 Å². The lowest BCUT2D eigenvalue weighted by atomic mass is 10.2. The van der Waals surface area contributed by atoms with Gasteiger partial charge in [0.25, 0.3) is 0 Å². The van der Waals surface area contributed by atoms with Crippen LogP contribution in [0, 0.1) is 6.92 Å². The topological polar surface area (TPSA) is 67.1 Å². The van der Waals surface area contributed by atoms with E-state index in [-0.39, 0.29) is 0 Å². The van der Waals surface area contributed by atoms with Crippen LogP contribution >= 0.6 is 0 Å². The number of hydrazine groups is 1. The Hall–Kier alpha value is -1.36. The van der Waals surface area contributed by atoms with Gasteiger partial charge >= 0.3 is 0 Å². The fraction of sp³-hybridized carbons (Fsp3) is 0.600. The number of nitrogens with two attached hydrogens (primary N) is 1. The molecular formula is C10H17N5. The second-order valence-corrected chi connectivity index (χ2v) is 3.91. The summed E-state index contributed by atoms with van der Waals surface area (Å²) in [6, 6.07) is 1.91. The zero-order valence-corrected chi connectivity index (χ0v) is 9.03. The second kappa shape index (κ2) is 4.44. The summed E-state index contributed by atoms with van der Waals surface area (Å²) < 4.78 is 0. The maximum absolute atomic E-state index is 5.58. The van der Waals surface area contributed by atoms with Crippen LogP contribution in [0.15, 0.2) is 6.07 Å². The molecule has 15 heavy (non-hydrogen) atoms. The minimum atomic E-state index is 0.328. The third kappa shape index (κ3) is 2.79. The van der Waals surface area contributed by atoms with E-state index in [1.165, 1.54) is 19.3 Å². The molecule has 82 valence electrons. The van der Waals surface area contributed by atoms with E-state index in [0.717, 1.165) is 24.6 Å². The number of nitrogen functional groups attached to an aromatic ring is 1. The molecule has 3 N–H and O–H groups in total. The Kier molecular flexibility index (Phi) is 3.01. The summed E-state index contributed by atoms with van der Waals surface area (Å²) in [4.78, 5) is 8.18. The first-order valence-electron chi connectivity index (χ1n) is 5.37. The van der Waals surface area contributed by atoms with Gasteiger partial charge in [-0.05, 0) is 19.8 Å². The maximum Gasteiger partial charge on any atom is 0.222 e. The Bertz CT molecular complexity index is 312. The largest absolute Gasteiger partial charge is 0.368 e. The second-order valence-electron chi connectivity index (χ2n) is 3.91. The van der Waals surface area contributed by atoms with Crippen LogP contribution in [0.25, 0.3) is 0 Å². The molecule has 0 unspecified atom stereocenters. The van der Waals surface area contributed by atoms with Gasteiger partial charge in [-0.1, -0.05) is 6.42 Å². The molecule has 1 aromatic rings. The molecule has 5 nitrogen and oxygen atoms in total. The lowest BCUT2D eigenvalue weighted by Crippen LogP contribution is -2.35. The number of nitrogens with zero attached hydrogens (tertiary/aromatic N) is 3. The van der Waals surface area contributed by atoms with Gasteiger partial charge < -0.3 is 11.2 Å². The van der Waals surface area contributed by atoms with Gasteiger partial charge in [0.15, 0.2) is 0 Å². The van der Waals surface area contributed by atoms with Crippen LogP contribution in [-0.4, -0.2) is 28.1 Å². The van der Waals surface area contributed by atoms with E-state index in [1.807, 2.05) is 13.0 Å². The molecule has 1 aliphatic rings. The summed E-state index contributed by atoms with van der Waals surface area (Å²) in [7, 11) is 0. The monoisotopic (exact) mass is 207 g/mol. The van der Waals surface area contributed by atoms with E-state index in [9.17, 15) is 0 Å². The van der Waals surface area contributed by atoms with E-state index < -0.39 is 0 Å². The molecular weight excluding hydrogens is 190 g/mol. The molecule has 5 heteroatoms. The molecule has 0 atom stereocenters. The van der Waals surface area contributed by atoms with Crippen LogP contribution < -0.4 is 11.2 Å². The zero-order chi connectivity index (χ0) is 10.7. The van der Waals surface area contributed by atoms with Crippen LogP contribution in [0.5, 0.6) is 0 Å². The van der Waals surface area contributed by atoms with Crippen molar-refractivity contribution in [1.29, 1.82) is 0 Å². The van der Waals surface area contributed by atoms with Crippen molar-refractivity contribution in [3.63, 3.8) is 0 Å². The lowest BCUT2D eigenvalue weighted by Gasteiger charge is -2.27. The Morgan fingerprint density at radius 1 is 1.27 bits per heavy atom. The predicted molar refractivity (Wildman–Crippen MR) is 60.2 cm³/mol. The van der Waals surface area contributed by atoms with Crippen molar-refractivity contribution in [2.75, 3.05) is 24.2 Å². The van der Waals surface area contributed by atoms with Gasteiger partial charge in [-0.2, -0.15) is 4.98 Å². The Balaban J connectivity index is 2.02. The number of hydrogen-bond donors (Lipinski definition) is 2. The molecule has 1 saturated heterocycles. The molecule has 2 rings (SSSR count). The number of rotatable bonds is 2. The van der Waals surface area contributed by atoms with Crippen molar-refractivity contribution in [2.24, 2.45) is 0 Å². The SMILES string of the molecule is Cc1cc(NN2CCCCC2)nc(N)n1. The fourth-order valence-electron chi connectivity index (χ4n) is 1.82. The van der Waals surface area contributed by atoms with Gasteiger partial charge in [0, 0.05) is 24.8 Å². The average Bonchev–Trinajstić information content (AvgIpc) is 2.17. The molecule has 0 radical (unpaired) electrons. The van der Waals surface area contributed by atoms with Crippen LogP contribution in [0.4, 0.5) is 11.8 Å². The molecule has 0 spiro atoms. The minimum absolute atomic E-state index is 0.328. The first-order valence-corrected chi connectivity index (χ1v) is 5.37.